The number of benzene rings is 12. The van der Waals surface area contributed by atoms with Crippen LogP contribution >= 0.6 is 0 Å². The summed E-state index contributed by atoms with van der Waals surface area (Å²) in [5.41, 5.74) is 18.9. The predicted molar refractivity (Wildman–Crippen MR) is 298 cm³/mol. The van der Waals surface area contributed by atoms with Crippen LogP contribution in [0.25, 0.3) is 105 Å². The summed E-state index contributed by atoms with van der Waals surface area (Å²) < 4.78 is 2.40. The third-order valence-electron chi connectivity index (χ3n) is 14.0. The fourth-order valence-electron chi connectivity index (χ4n) is 10.7. The van der Waals surface area contributed by atoms with Gasteiger partial charge in [-0.15, -0.1) is 0 Å². The van der Waals surface area contributed by atoms with Crippen molar-refractivity contribution in [3.63, 3.8) is 0 Å². The molecule has 0 saturated heterocycles. The Hall–Kier alpha value is -9.24. The molecule has 13 rings (SSSR count). The molecule has 0 spiro atoms. The molecule has 2 nitrogen and oxygen atoms in total. The molecule has 0 radical (unpaired) electrons. The van der Waals surface area contributed by atoms with E-state index in [1.807, 2.05) is 0 Å². The Morgan fingerprint density at radius 3 is 1.16 bits per heavy atom. The molecule has 13 aromatic rings. The fraction of sp³-hybridized carbons (Fsp3) is 0. The van der Waals surface area contributed by atoms with Gasteiger partial charge in [-0.1, -0.05) is 206 Å². The number of hydrogen-bond donors (Lipinski definition) is 0. The van der Waals surface area contributed by atoms with Crippen LogP contribution in [0.5, 0.6) is 0 Å². The first kappa shape index (κ1) is 41.0. The van der Waals surface area contributed by atoms with E-state index in [1.165, 1.54) is 93.4 Å². The maximum Gasteiger partial charge on any atom is 0.0542 e. The molecule has 70 heavy (non-hydrogen) atoms. The highest BCUT2D eigenvalue weighted by Crippen LogP contribution is 2.46. The number of hydrogen-bond acceptors (Lipinski definition) is 1. The topological polar surface area (TPSA) is 8.17 Å². The molecule has 0 amide bonds. The van der Waals surface area contributed by atoms with E-state index >= 15 is 0 Å². The summed E-state index contributed by atoms with van der Waals surface area (Å²) in [4.78, 5) is 2.38. The summed E-state index contributed by atoms with van der Waals surface area (Å²) in [5.74, 6) is 0. The van der Waals surface area contributed by atoms with Crippen LogP contribution in [0.15, 0.2) is 279 Å². The summed E-state index contributed by atoms with van der Waals surface area (Å²) in [6, 6.07) is 102. The van der Waals surface area contributed by atoms with Crippen LogP contribution in [0.3, 0.4) is 0 Å². The zero-order chi connectivity index (χ0) is 46.4. The second-order valence-corrected chi connectivity index (χ2v) is 18.1. The first-order valence-corrected chi connectivity index (χ1v) is 24.1. The van der Waals surface area contributed by atoms with Crippen molar-refractivity contribution in [3.8, 4) is 61.3 Å². The van der Waals surface area contributed by atoms with E-state index in [-0.39, 0.29) is 0 Å². The Morgan fingerprint density at radius 2 is 0.571 bits per heavy atom. The lowest BCUT2D eigenvalue weighted by Crippen LogP contribution is -2.09. The van der Waals surface area contributed by atoms with Crippen LogP contribution < -0.4 is 4.90 Å². The molecule has 0 unspecified atom stereocenters. The maximum atomic E-state index is 2.41. The van der Waals surface area contributed by atoms with Crippen molar-refractivity contribution in [2.24, 2.45) is 0 Å². The first-order chi connectivity index (χ1) is 34.7. The molecule has 0 bridgehead atoms. The van der Waals surface area contributed by atoms with E-state index in [0.29, 0.717) is 0 Å². The van der Waals surface area contributed by atoms with Crippen LogP contribution in [0.2, 0.25) is 0 Å². The Bertz CT molecular complexity index is 3990. The van der Waals surface area contributed by atoms with Gasteiger partial charge < -0.3 is 9.47 Å². The van der Waals surface area contributed by atoms with Crippen LogP contribution in [0.4, 0.5) is 17.1 Å². The van der Waals surface area contributed by atoms with Crippen LogP contribution in [0.1, 0.15) is 0 Å². The van der Waals surface area contributed by atoms with Crippen molar-refractivity contribution in [1.29, 1.82) is 0 Å². The zero-order valence-corrected chi connectivity index (χ0v) is 38.5. The molecule has 1 heterocycles. The number of fused-ring (bicyclic) bond motifs is 5. The molecular formula is C68H46N2. The first-order valence-electron chi connectivity index (χ1n) is 24.1. The second-order valence-electron chi connectivity index (χ2n) is 18.1. The molecule has 0 N–H and O–H groups in total. The van der Waals surface area contributed by atoms with Gasteiger partial charge in [-0.05, 0) is 150 Å². The average Bonchev–Trinajstić information content (AvgIpc) is 3.77. The van der Waals surface area contributed by atoms with Crippen molar-refractivity contribution in [3.05, 3.63) is 279 Å². The minimum absolute atomic E-state index is 1.09. The highest BCUT2D eigenvalue weighted by Gasteiger charge is 2.20. The molecule has 0 aliphatic carbocycles. The van der Waals surface area contributed by atoms with Gasteiger partial charge in [0, 0.05) is 33.5 Å². The summed E-state index contributed by atoms with van der Waals surface area (Å²) >= 11 is 0. The summed E-state index contributed by atoms with van der Waals surface area (Å²) in [6.07, 6.45) is 0. The van der Waals surface area contributed by atoms with Gasteiger partial charge >= 0.3 is 0 Å². The molecule has 2 heteroatoms. The van der Waals surface area contributed by atoms with E-state index in [4.69, 9.17) is 0 Å². The highest BCUT2D eigenvalue weighted by molar-refractivity contribution is 6.22. The summed E-state index contributed by atoms with van der Waals surface area (Å²) in [6.45, 7) is 0. The largest absolute Gasteiger partial charge is 0.310 e. The van der Waals surface area contributed by atoms with Gasteiger partial charge in [0.05, 0.1) is 11.0 Å². The van der Waals surface area contributed by atoms with Crippen molar-refractivity contribution in [1.82, 2.24) is 4.57 Å². The summed E-state index contributed by atoms with van der Waals surface area (Å²) in [7, 11) is 0. The standard InChI is InChI=1S/C68H46N2/c1-6-18-47(19-7-1)48-30-32-49(33-31-48)54-37-42-65-62(44-54)63-46-58(40-43-66(63)70(65)56-26-14-5-15-27-56)69(55-24-12-4-13-25-55)57-38-34-50(35-39-57)53-36-41-61-64(45-53)68(52-22-10-3-11-23-52)60-29-17-16-28-59(60)67(61)51-20-8-2-9-21-51/h1-46H. The minimum atomic E-state index is 1.09. The minimum Gasteiger partial charge on any atom is -0.310 e. The highest BCUT2D eigenvalue weighted by atomic mass is 15.1. The van der Waals surface area contributed by atoms with Crippen molar-refractivity contribution >= 4 is 60.4 Å². The normalized spacial score (nSPS) is 11.4. The number of anilines is 3. The van der Waals surface area contributed by atoms with Gasteiger partial charge in [0.1, 0.15) is 0 Å². The van der Waals surface area contributed by atoms with Crippen LogP contribution in [-0.4, -0.2) is 4.57 Å². The monoisotopic (exact) mass is 890 g/mol. The molecular weight excluding hydrogens is 845 g/mol. The SMILES string of the molecule is c1ccc(-c2ccc(-c3ccc4c(c3)c3cc(N(c5ccccc5)c5ccc(-c6ccc7c(-c8ccccc8)c8ccccc8c(-c8ccccc8)c7c6)cc5)ccc3n4-c3ccccc3)cc2)cc1. The van der Waals surface area contributed by atoms with Gasteiger partial charge in [0.2, 0.25) is 0 Å². The zero-order valence-electron chi connectivity index (χ0n) is 38.5. The number of rotatable bonds is 9. The third kappa shape index (κ3) is 7.22. The van der Waals surface area contributed by atoms with E-state index in [0.717, 1.165) is 28.3 Å². The molecule has 0 atom stereocenters. The summed E-state index contributed by atoms with van der Waals surface area (Å²) in [5, 5.41) is 7.41. The molecule has 1 aromatic heterocycles. The third-order valence-corrected chi connectivity index (χ3v) is 14.0. The van der Waals surface area contributed by atoms with E-state index < -0.39 is 0 Å². The lowest BCUT2D eigenvalue weighted by molar-refractivity contribution is 1.18. The van der Waals surface area contributed by atoms with Gasteiger partial charge in [-0.2, -0.15) is 0 Å². The number of nitrogens with zero attached hydrogens (tertiary/aromatic N) is 2. The molecule has 328 valence electrons. The lowest BCUT2D eigenvalue weighted by atomic mass is 9.85. The number of aromatic nitrogens is 1. The van der Waals surface area contributed by atoms with Crippen LogP contribution in [-0.2, 0) is 0 Å². The molecule has 0 aliphatic rings. The molecule has 12 aromatic carbocycles. The smallest absolute Gasteiger partial charge is 0.0542 e. The van der Waals surface area contributed by atoms with Gasteiger partial charge in [0.15, 0.2) is 0 Å². The van der Waals surface area contributed by atoms with Crippen LogP contribution in [0, 0.1) is 0 Å². The van der Waals surface area contributed by atoms with E-state index in [2.05, 4.69) is 289 Å². The molecule has 0 fully saturated rings. The fourth-order valence-corrected chi connectivity index (χ4v) is 10.7. The van der Waals surface area contributed by atoms with E-state index in [1.54, 1.807) is 0 Å². The molecule has 0 saturated carbocycles. The van der Waals surface area contributed by atoms with Gasteiger partial charge in [0.25, 0.3) is 0 Å². The van der Waals surface area contributed by atoms with Crippen molar-refractivity contribution < 1.29 is 0 Å². The maximum absolute atomic E-state index is 2.41. The average molecular weight is 891 g/mol. The lowest BCUT2D eigenvalue weighted by Gasteiger charge is -2.26. The van der Waals surface area contributed by atoms with Gasteiger partial charge in [-0.3, -0.25) is 0 Å². The van der Waals surface area contributed by atoms with Crippen molar-refractivity contribution in [2.75, 3.05) is 4.90 Å². The van der Waals surface area contributed by atoms with Crippen molar-refractivity contribution in [2.45, 2.75) is 0 Å². The van der Waals surface area contributed by atoms with E-state index in [9.17, 15) is 0 Å². The Kier molecular flexibility index (Phi) is 10.2. The quantitative estimate of drug-likeness (QED) is 0.131. The molecule has 0 aliphatic heterocycles. The van der Waals surface area contributed by atoms with Gasteiger partial charge in [-0.25, -0.2) is 0 Å². The second kappa shape index (κ2) is 17.4. The Morgan fingerprint density at radius 1 is 0.214 bits per heavy atom. The number of para-hydroxylation sites is 2. The Balaban J connectivity index is 0.938. The Labute approximate surface area is 408 Å². The predicted octanol–water partition coefficient (Wildman–Crippen LogP) is 18.9.